The second kappa shape index (κ2) is 6.40. The van der Waals surface area contributed by atoms with Crippen LogP contribution in [0.3, 0.4) is 0 Å². The highest BCUT2D eigenvalue weighted by molar-refractivity contribution is 5.46. The molecule has 2 heterocycles. The Kier molecular flexibility index (Phi) is 4.59. The molecule has 19 heavy (non-hydrogen) atoms. The SMILES string of the molecule is CCCOCC(N)c1noc(-c2cccc(C)n2)n1. The van der Waals surface area contributed by atoms with Crippen LogP contribution in [0.15, 0.2) is 22.7 Å². The molecule has 6 nitrogen and oxygen atoms in total. The molecule has 6 heteroatoms. The van der Waals surface area contributed by atoms with Gasteiger partial charge in [0.2, 0.25) is 0 Å². The predicted octanol–water partition coefficient (Wildman–Crippen LogP) is 1.87. The smallest absolute Gasteiger partial charge is 0.276 e. The number of rotatable bonds is 6. The molecule has 0 aliphatic rings. The number of nitrogens with zero attached hydrogens (tertiary/aromatic N) is 3. The third-order valence-electron chi connectivity index (χ3n) is 2.53. The van der Waals surface area contributed by atoms with E-state index >= 15 is 0 Å². The average molecular weight is 262 g/mol. The molecule has 0 saturated heterocycles. The number of hydrogen-bond donors (Lipinski definition) is 1. The minimum absolute atomic E-state index is 0.379. The van der Waals surface area contributed by atoms with Crippen molar-refractivity contribution >= 4 is 0 Å². The number of aryl methyl sites for hydroxylation is 1. The van der Waals surface area contributed by atoms with Crippen LogP contribution in [0.25, 0.3) is 11.6 Å². The lowest BCUT2D eigenvalue weighted by atomic mass is 10.3. The maximum Gasteiger partial charge on any atom is 0.276 e. The number of aromatic nitrogens is 3. The summed E-state index contributed by atoms with van der Waals surface area (Å²) in [6.07, 6.45) is 0.956. The van der Waals surface area contributed by atoms with Gasteiger partial charge in [-0.05, 0) is 25.5 Å². The molecule has 0 spiro atoms. The van der Waals surface area contributed by atoms with E-state index in [-0.39, 0.29) is 6.04 Å². The Labute approximate surface area is 112 Å². The van der Waals surface area contributed by atoms with Crippen molar-refractivity contribution in [3.8, 4) is 11.6 Å². The standard InChI is InChI=1S/C13H18N4O2/c1-3-7-18-8-10(14)12-16-13(19-17-12)11-6-4-5-9(2)15-11/h4-6,10H,3,7-8,14H2,1-2H3. The van der Waals surface area contributed by atoms with Crippen LogP contribution < -0.4 is 5.73 Å². The van der Waals surface area contributed by atoms with Crippen molar-refractivity contribution in [3.05, 3.63) is 29.7 Å². The molecule has 0 amide bonds. The summed E-state index contributed by atoms with van der Waals surface area (Å²) in [4.78, 5) is 8.58. The highest BCUT2D eigenvalue weighted by atomic mass is 16.5. The Hall–Kier alpha value is -1.79. The normalized spacial score (nSPS) is 12.6. The van der Waals surface area contributed by atoms with Crippen molar-refractivity contribution in [2.75, 3.05) is 13.2 Å². The van der Waals surface area contributed by atoms with E-state index < -0.39 is 0 Å². The summed E-state index contributed by atoms with van der Waals surface area (Å²) < 4.78 is 10.5. The van der Waals surface area contributed by atoms with E-state index in [9.17, 15) is 0 Å². The van der Waals surface area contributed by atoms with Gasteiger partial charge >= 0.3 is 0 Å². The maximum atomic E-state index is 5.93. The number of hydrogen-bond acceptors (Lipinski definition) is 6. The molecular formula is C13H18N4O2. The third kappa shape index (κ3) is 3.59. The van der Waals surface area contributed by atoms with Crippen molar-refractivity contribution in [3.63, 3.8) is 0 Å². The molecule has 0 bridgehead atoms. The van der Waals surface area contributed by atoms with Gasteiger partial charge in [-0.25, -0.2) is 4.98 Å². The van der Waals surface area contributed by atoms with Crippen LogP contribution in [0.2, 0.25) is 0 Å². The zero-order chi connectivity index (χ0) is 13.7. The lowest BCUT2D eigenvalue weighted by Gasteiger charge is -2.06. The van der Waals surface area contributed by atoms with Crippen LogP contribution in [-0.2, 0) is 4.74 Å². The highest BCUT2D eigenvalue weighted by Crippen LogP contribution is 2.17. The predicted molar refractivity (Wildman–Crippen MR) is 70.3 cm³/mol. The first-order valence-electron chi connectivity index (χ1n) is 6.31. The molecule has 0 radical (unpaired) electrons. The summed E-state index contributed by atoms with van der Waals surface area (Å²) in [5, 5.41) is 3.87. The van der Waals surface area contributed by atoms with Crippen molar-refractivity contribution in [2.24, 2.45) is 5.73 Å². The molecule has 2 rings (SSSR count). The van der Waals surface area contributed by atoms with E-state index in [0.717, 1.165) is 12.1 Å². The molecule has 1 atom stereocenters. The van der Waals surface area contributed by atoms with Gasteiger partial charge in [0.25, 0.3) is 5.89 Å². The molecule has 2 N–H and O–H groups in total. The second-order valence-electron chi connectivity index (χ2n) is 4.30. The monoisotopic (exact) mass is 262 g/mol. The molecule has 1 unspecified atom stereocenters. The van der Waals surface area contributed by atoms with Crippen molar-refractivity contribution in [1.29, 1.82) is 0 Å². The Morgan fingerprint density at radius 1 is 1.37 bits per heavy atom. The Bertz CT molecular complexity index is 527. The number of nitrogens with two attached hydrogens (primary N) is 1. The average Bonchev–Trinajstić information content (AvgIpc) is 2.88. The first-order valence-corrected chi connectivity index (χ1v) is 6.31. The molecular weight excluding hydrogens is 244 g/mol. The van der Waals surface area contributed by atoms with Gasteiger partial charge in [-0.2, -0.15) is 4.98 Å². The highest BCUT2D eigenvalue weighted by Gasteiger charge is 2.16. The van der Waals surface area contributed by atoms with Crippen LogP contribution in [0.4, 0.5) is 0 Å². The second-order valence-corrected chi connectivity index (χ2v) is 4.30. The maximum absolute atomic E-state index is 5.93. The van der Waals surface area contributed by atoms with Gasteiger partial charge in [0.1, 0.15) is 5.69 Å². The van der Waals surface area contributed by atoms with E-state index in [1.807, 2.05) is 32.0 Å². The summed E-state index contributed by atoms with van der Waals surface area (Å²) in [5.74, 6) is 0.819. The van der Waals surface area contributed by atoms with Gasteiger partial charge in [0, 0.05) is 12.3 Å². The van der Waals surface area contributed by atoms with Gasteiger partial charge in [-0.15, -0.1) is 0 Å². The lowest BCUT2D eigenvalue weighted by molar-refractivity contribution is 0.119. The third-order valence-corrected chi connectivity index (χ3v) is 2.53. The first kappa shape index (κ1) is 13.6. The van der Waals surface area contributed by atoms with Crippen LogP contribution in [0, 0.1) is 6.92 Å². The fourth-order valence-electron chi connectivity index (χ4n) is 1.58. The first-order chi connectivity index (χ1) is 9.20. The number of ether oxygens (including phenoxy) is 1. The summed E-state index contributed by atoms with van der Waals surface area (Å²) in [6.45, 7) is 5.01. The fourth-order valence-corrected chi connectivity index (χ4v) is 1.58. The topological polar surface area (TPSA) is 87.1 Å². The van der Waals surface area contributed by atoms with E-state index in [0.29, 0.717) is 30.6 Å². The van der Waals surface area contributed by atoms with Gasteiger partial charge in [0.05, 0.1) is 12.6 Å². The van der Waals surface area contributed by atoms with Gasteiger partial charge in [0.15, 0.2) is 5.82 Å². The largest absolute Gasteiger partial charge is 0.379 e. The van der Waals surface area contributed by atoms with Crippen molar-refractivity contribution in [1.82, 2.24) is 15.1 Å². The Balaban J connectivity index is 2.06. The van der Waals surface area contributed by atoms with Crippen LogP contribution >= 0.6 is 0 Å². The van der Waals surface area contributed by atoms with Crippen molar-refractivity contribution < 1.29 is 9.26 Å². The van der Waals surface area contributed by atoms with Gasteiger partial charge < -0.3 is 15.0 Å². The summed E-state index contributed by atoms with van der Waals surface area (Å²) in [6, 6.07) is 5.24. The molecule has 102 valence electrons. The summed E-state index contributed by atoms with van der Waals surface area (Å²) in [7, 11) is 0. The van der Waals surface area contributed by atoms with E-state index in [2.05, 4.69) is 15.1 Å². The van der Waals surface area contributed by atoms with E-state index in [1.54, 1.807) is 0 Å². The quantitative estimate of drug-likeness (QED) is 0.799. The molecule has 0 aliphatic carbocycles. The minimum Gasteiger partial charge on any atom is -0.379 e. The number of pyridine rings is 1. The van der Waals surface area contributed by atoms with Crippen LogP contribution in [-0.4, -0.2) is 28.3 Å². The van der Waals surface area contributed by atoms with E-state index in [4.69, 9.17) is 15.0 Å². The molecule has 0 saturated carbocycles. The van der Waals surface area contributed by atoms with E-state index in [1.165, 1.54) is 0 Å². The zero-order valence-electron chi connectivity index (χ0n) is 11.2. The van der Waals surface area contributed by atoms with Gasteiger partial charge in [-0.1, -0.05) is 18.1 Å². The van der Waals surface area contributed by atoms with Crippen molar-refractivity contribution in [2.45, 2.75) is 26.3 Å². The molecule has 2 aromatic rings. The minimum atomic E-state index is -0.381. The van der Waals surface area contributed by atoms with Crippen LogP contribution in [0.5, 0.6) is 0 Å². The molecule has 0 aliphatic heterocycles. The lowest BCUT2D eigenvalue weighted by Crippen LogP contribution is -2.18. The summed E-state index contributed by atoms with van der Waals surface area (Å²) in [5.41, 5.74) is 7.48. The van der Waals surface area contributed by atoms with Crippen LogP contribution in [0.1, 0.15) is 30.9 Å². The summed E-state index contributed by atoms with van der Waals surface area (Å²) >= 11 is 0. The Morgan fingerprint density at radius 3 is 2.95 bits per heavy atom. The zero-order valence-corrected chi connectivity index (χ0v) is 11.2. The molecule has 0 aromatic carbocycles. The molecule has 0 fully saturated rings. The van der Waals surface area contributed by atoms with Gasteiger partial charge in [-0.3, -0.25) is 0 Å². The Morgan fingerprint density at radius 2 is 2.21 bits per heavy atom. The fraction of sp³-hybridized carbons (Fsp3) is 0.462. The molecule has 2 aromatic heterocycles.